The number of esters is 1. The molecule has 0 aliphatic carbocycles. The van der Waals surface area contributed by atoms with E-state index in [9.17, 15) is 13.2 Å². The van der Waals surface area contributed by atoms with Crippen LogP contribution in [0.2, 0.25) is 0 Å². The molecule has 11 heteroatoms. The number of sulfonamides is 1. The normalized spacial score (nSPS) is 11.6. The van der Waals surface area contributed by atoms with E-state index in [0.29, 0.717) is 23.2 Å². The summed E-state index contributed by atoms with van der Waals surface area (Å²) in [5.74, 6) is 0.184. The highest BCUT2D eigenvalue weighted by molar-refractivity contribution is 7.89. The number of anilines is 1. The Morgan fingerprint density at radius 3 is 2.47 bits per heavy atom. The van der Waals surface area contributed by atoms with Crippen molar-refractivity contribution in [1.82, 2.24) is 13.9 Å². The van der Waals surface area contributed by atoms with Crippen LogP contribution in [0.4, 0.5) is 5.69 Å². The molecule has 0 unspecified atom stereocenters. The molecule has 0 atom stereocenters. The second-order valence-corrected chi connectivity index (χ2v) is 10.6. The van der Waals surface area contributed by atoms with E-state index in [-0.39, 0.29) is 23.9 Å². The number of carbonyl (C=O) groups excluding carboxylic acids is 1. The van der Waals surface area contributed by atoms with Gasteiger partial charge in [-0.1, -0.05) is 24.3 Å². The van der Waals surface area contributed by atoms with Gasteiger partial charge in [-0.05, 0) is 61.0 Å². The molecular weight excluding hydrogens is 504 g/mol. The highest BCUT2D eigenvalue weighted by Gasteiger charge is 2.27. The molecule has 0 fully saturated rings. The number of aromatic nitrogens is 2. The Balaban J connectivity index is 1.56. The minimum absolute atomic E-state index is 0.0140. The van der Waals surface area contributed by atoms with Crippen LogP contribution in [0.1, 0.15) is 23.9 Å². The van der Waals surface area contributed by atoms with Crippen molar-refractivity contribution in [1.29, 1.82) is 5.41 Å². The van der Waals surface area contributed by atoms with Gasteiger partial charge in [0.2, 0.25) is 10.0 Å². The van der Waals surface area contributed by atoms with Gasteiger partial charge in [-0.3, -0.25) is 10.2 Å². The number of ether oxygens (including phenoxy) is 1. The Morgan fingerprint density at radius 2 is 1.82 bits per heavy atom. The van der Waals surface area contributed by atoms with E-state index in [1.165, 1.54) is 12.1 Å². The van der Waals surface area contributed by atoms with Crippen LogP contribution in [0.25, 0.3) is 11.0 Å². The number of aryl methyl sites for hydroxylation is 1. The van der Waals surface area contributed by atoms with Gasteiger partial charge in [-0.2, -0.15) is 4.31 Å². The standard InChI is InChI=1S/C27H30N6O4S/c1-3-37-26(34)18-33(38(35,36)22-7-5-4-6-8-22)17-19-9-14-24-23(15-19)31-25(32(24)2)16-30-21-12-10-20(11-13-21)27(28)29/h4-15,30H,3,16-18H2,1-2H3,(H3,28,29). The zero-order valence-electron chi connectivity index (χ0n) is 21.2. The van der Waals surface area contributed by atoms with Gasteiger partial charge < -0.3 is 20.4 Å². The maximum atomic E-state index is 13.3. The van der Waals surface area contributed by atoms with E-state index in [4.69, 9.17) is 20.9 Å². The first-order chi connectivity index (χ1) is 18.2. The van der Waals surface area contributed by atoms with E-state index in [2.05, 4.69) is 5.32 Å². The van der Waals surface area contributed by atoms with Crippen molar-refractivity contribution in [2.24, 2.45) is 12.8 Å². The topological polar surface area (TPSA) is 143 Å². The number of hydrogen-bond acceptors (Lipinski definition) is 7. The first kappa shape index (κ1) is 26.8. The predicted molar refractivity (Wildman–Crippen MR) is 146 cm³/mol. The number of nitrogen functional groups attached to an aromatic ring is 1. The quantitative estimate of drug-likeness (QED) is 0.152. The van der Waals surface area contributed by atoms with Crippen molar-refractivity contribution < 1.29 is 17.9 Å². The third-order valence-corrected chi connectivity index (χ3v) is 7.84. The number of benzene rings is 3. The maximum Gasteiger partial charge on any atom is 0.321 e. The molecule has 3 aromatic carbocycles. The largest absolute Gasteiger partial charge is 0.465 e. The predicted octanol–water partition coefficient (Wildman–Crippen LogP) is 3.22. The summed E-state index contributed by atoms with van der Waals surface area (Å²) < 4.78 is 34.8. The Morgan fingerprint density at radius 1 is 1.11 bits per heavy atom. The van der Waals surface area contributed by atoms with Crippen LogP contribution >= 0.6 is 0 Å². The summed E-state index contributed by atoms with van der Waals surface area (Å²) in [7, 11) is -2.03. The average Bonchev–Trinajstić information content (AvgIpc) is 3.22. The van der Waals surface area contributed by atoms with Crippen LogP contribution < -0.4 is 11.1 Å². The van der Waals surface area contributed by atoms with E-state index in [1.54, 1.807) is 37.3 Å². The minimum atomic E-state index is -3.94. The van der Waals surface area contributed by atoms with Gasteiger partial charge in [0.1, 0.15) is 18.2 Å². The molecule has 0 saturated heterocycles. The summed E-state index contributed by atoms with van der Waals surface area (Å²) in [5, 5.41) is 10.8. The fourth-order valence-electron chi connectivity index (χ4n) is 4.02. The van der Waals surface area contributed by atoms with Crippen LogP contribution in [0.3, 0.4) is 0 Å². The lowest BCUT2D eigenvalue weighted by Crippen LogP contribution is -2.36. The summed E-state index contributed by atoms with van der Waals surface area (Å²) in [6, 6.07) is 20.8. The second kappa shape index (κ2) is 11.4. The molecule has 1 aromatic heterocycles. The molecule has 0 saturated carbocycles. The molecule has 0 amide bonds. The molecular formula is C27H30N6O4S. The maximum absolute atomic E-state index is 13.3. The van der Waals surface area contributed by atoms with Gasteiger partial charge in [0, 0.05) is 24.8 Å². The fourth-order valence-corrected chi connectivity index (χ4v) is 5.42. The Hall–Kier alpha value is -4.22. The second-order valence-electron chi connectivity index (χ2n) is 8.65. The van der Waals surface area contributed by atoms with Crippen LogP contribution in [0.5, 0.6) is 0 Å². The third-order valence-electron chi connectivity index (χ3n) is 6.04. The number of nitrogens with two attached hydrogens (primary N) is 1. The van der Waals surface area contributed by atoms with Gasteiger partial charge in [-0.25, -0.2) is 13.4 Å². The van der Waals surface area contributed by atoms with E-state index in [0.717, 1.165) is 21.3 Å². The lowest BCUT2D eigenvalue weighted by molar-refractivity contribution is -0.143. The first-order valence-electron chi connectivity index (χ1n) is 12.0. The number of amidine groups is 1. The molecule has 4 aromatic rings. The molecule has 0 radical (unpaired) electrons. The van der Waals surface area contributed by atoms with Crippen molar-refractivity contribution in [2.45, 2.75) is 24.9 Å². The van der Waals surface area contributed by atoms with Crippen LogP contribution in [0, 0.1) is 5.41 Å². The summed E-state index contributed by atoms with van der Waals surface area (Å²) in [6.07, 6.45) is 0. The number of imidazole rings is 1. The lowest BCUT2D eigenvalue weighted by atomic mass is 10.2. The van der Waals surface area contributed by atoms with Crippen molar-refractivity contribution in [3.63, 3.8) is 0 Å². The third kappa shape index (κ3) is 6.01. The van der Waals surface area contributed by atoms with Crippen molar-refractivity contribution in [3.05, 3.63) is 89.7 Å². The van der Waals surface area contributed by atoms with Crippen LogP contribution in [0.15, 0.2) is 77.7 Å². The monoisotopic (exact) mass is 534 g/mol. The summed E-state index contributed by atoms with van der Waals surface area (Å²) in [6.45, 7) is 1.88. The molecule has 4 rings (SSSR count). The van der Waals surface area contributed by atoms with Crippen molar-refractivity contribution in [3.8, 4) is 0 Å². The average molecular weight is 535 g/mol. The van der Waals surface area contributed by atoms with E-state index >= 15 is 0 Å². The van der Waals surface area contributed by atoms with Gasteiger partial charge >= 0.3 is 5.97 Å². The van der Waals surface area contributed by atoms with Crippen molar-refractivity contribution in [2.75, 3.05) is 18.5 Å². The molecule has 4 N–H and O–H groups in total. The summed E-state index contributed by atoms with van der Waals surface area (Å²) >= 11 is 0. The summed E-state index contributed by atoms with van der Waals surface area (Å²) in [4.78, 5) is 17.1. The van der Waals surface area contributed by atoms with Crippen molar-refractivity contribution >= 4 is 38.5 Å². The molecule has 0 bridgehead atoms. The van der Waals surface area contributed by atoms with Crippen LogP contribution in [-0.2, 0) is 39.7 Å². The molecule has 0 aliphatic heterocycles. The molecule has 198 valence electrons. The molecule has 10 nitrogen and oxygen atoms in total. The first-order valence-corrected chi connectivity index (χ1v) is 13.5. The van der Waals surface area contributed by atoms with Crippen LogP contribution in [-0.4, -0.2) is 47.2 Å². The zero-order valence-corrected chi connectivity index (χ0v) is 22.0. The van der Waals surface area contributed by atoms with Gasteiger partial charge in [-0.15, -0.1) is 0 Å². The SMILES string of the molecule is CCOC(=O)CN(Cc1ccc2c(c1)nc(CNc1ccc(C(=N)N)cc1)n2C)S(=O)(=O)c1ccccc1. The van der Waals surface area contributed by atoms with Gasteiger partial charge in [0.15, 0.2) is 0 Å². The number of fused-ring (bicyclic) bond motifs is 1. The van der Waals surface area contributed by atoms with Gasteiger partial charge in [0.05, 0.1) is 29.1 Å². The summed E-state index contributed by atoms with van der Waals surface area (Å²) in [5.41, 5.74) is 9.32. The van der Waals surface area contributed by atoms with E-state index < -0.39 is 22.5 Å². The Labute approximate surface area is 221 Å². The lowest BCUT2D eigenvalue weighted by Gasteiger charge is -2.21. The number of nitrogens with zero attached hydrogens (tertiary/aromatic N) is 3. The number of carbonyl (C=O) groups is 1. The number of rotatable bonds is 11. The number of nitrogens with one attached hydrogen (secondary N) is 2. The Bertz CT molecular complexity index is 1550. The van der Waals surface area contributed by atoms with Gasteiger partial charge in [0.25, 0.3) is 0 Å². The molecule has 1 heterocycles. The molecule has 0 spiro atoms. The molecule has 0 aliphatic rings. The highest BCUT2D eigenvalue weighted by atomic mass is 32.2. The smallest absolute Gasteiger partial charge is 0.321 e. The van der Waals surface area contributed by atoms with E-state index in [1.807, 2.05) is 41.9 Å². The fraction of sp³-hybridized carbons (Fsp3) is 0.222. The highest BCUT2D eigenvalue weighted by Crippen LogP contribution is 2.22. The zero-order chi connectivity index (χ0) is 27.3. The molecule has 38 heavy (non-hydrogen) atoms. The number of hydrogen-bond donors (Lipinski definition) is 3. The Kier molecular flexibility index (Phi) is 8.08. The minimum Gasteiger partial charge on any atom is -0.465 e.